The second kappa shape index (κ2) is 10.9. The highest BCUT2D eigenvalue weighted by Gasteiger charge is 2.24. The number of fused-ring (bicyclic) bond motifs is 2. The lowest BCUT2D eigenvalue weighted by molar-refractivity contribution is 0.616. The van der Waals surface area contributed by atoms with Gasteiger partial charge in [0.2, 0.25) is 0 Å². The van der Waals surface area contributed by atoms with Crippen LogP contribution >= 0.6 is 0 Å². The van der Waals surface area contributed by atoms with E-state index in [1.54, 1.807) is 6.26 Å². The molecule has 210 valence electrons. The van der Waals surface area contributed by atoms with E-state index < -0.39 is 6.37 Å². The van der Waals surface area contributed by atoms with E-state index in [2.05, 4.69) is 78.2 Å². The Labute approximate surface area is 259 Å². The third kappa shape index (κ3) is 4.60. The lowest BCUT2D eigenvalue weighted by atomic mass is 9.93. The Morgan fingerprint density at radius 2 is 1.25 bits per heavy atom. The van der Waals surface area contributed by atoms with Crippen LogP contribution in [0.1, 0.15) is 19.4 Å². The third-order valence-corrected chi connectivity index (χ3v) is 8.09. The van der Waals surface area contributed by atoms with E-state index in [-0.39, 0.29) is 0 Å². The van der Waals surface area contributed by atoms with Crippen LogP contribution in [0.5, 0.6) is 0 Å². The number of nitrogens with zero attached hydrogens (tertiary/aromatic N) is 2. The van der Waals surface area contributed by atoms with Gasteiger partial charge in [0.15, 0.2) is 0 Å². The van der Waals surface area contributed by atoms with Gasteiger partial charge >= 0.3 is 0 Å². The number of para-hydroxylation sites is 2. The quantitative estimate of drug-likeness (QED) is 0.200. The number of aromatic nitrogens is 2. The Kier molecular flexibility index (Phi) is 5.89. The average molecular weight is 569 g/mol. The lowest BCUT2D eigenvalue weighted by Crippen LogP contribution is -2.03. The third-order valence-electron chi connectivity index (χ3n) is 8.09. The summed E-state index contributed by atoms with van der Waals surface area (Å²) in [6, 6.07) is 48.5. The fourth-order valence-corrected chi connectivity index (χ4v) is 6.10. The zero-order valence-corrected chi connectivity index (χ0v) is 24.2. The van der Waals surface area contributed by atoms with Gasteiger partial charge in [-0.25, -0.2) is 4.98 Å². The SMILES string of the molecule is [2H]C([2H])(c1ccccc1)c1ccc2occ(-c3nc4ccccc4n3-c3c(-c4ccccc4)cc(C)cc3-c3ccccc3)c2c1. The van der Waals surface area contributed by atoms with Crippen LogP contribution in [0.3, 0.4) is 0 Å². The van der Waals surface area contributed by atoms with Crippen molar-refractivity contribution in [1.29, 1.82) is 0 Å². The summed E-state index contributed by atoms with van der Waals surface area (Å²) >= 11 is 0. The van der Waals surface area contributed by atoms with Gasteiger partial charge in [0.25, 0.3) is 0 Å². The first-order valence-electron chi connectivity index (χ1n) is 15.8. The second-order valence-electron chi connectivity index (χ2n) is 11.1. The summed E-state index contributed by atoms with van der Waals surface area (Å²) in [4.78, 5) is 5.23. The minimum absolute atomic E-state index is 0.557. The molecule has 3 nitrogen and oxygen atoms in total. The van der Waals surface area contributed by atoms with Gasteiger partial charge in [0, 0.05) is 19.3 Å². The molecule has 0 N–H and O–H groups in total. The molecule has 44 heavy (non-hydrogen) atoms. The molecule has 0 saturated heterocycles. The summed E-state index contributed by atoms with van der Waals surface area (Å²) in [5.41, 5.74) is 11.1. The first-order valence-corrected chi connectivity index (χ1v) is 14.8. The first kappa shape index (κ1) is 23.8. The molecule has 8 aromatic rings. The Hall–Kier alpha value is -5.67. The van der Waals surface area contributed by atoms with Crippen molar-refractivity contribution in [1.82, 2.24) is 9.55 Å². The monoisotopic (exact) mass is 568 g/mol. The molecular formula is C41H30N2O. The van der Waals surface area contributed by atoms with Crippen molar-refractivity contribution in [2.45, 2.75) is 13.3 Å². The molecule has 0 aliphatic heterocycles. The van der Waals surface area contributed by atoms with Gasteiger partial charge in [-0.15, -0.1) is 0 Å². The highest BCUT2D eigenvalue weighted by Crippen LogP contribution is 2.42. The molecular weight excluding hydrogens is 536 g/mol. The van der Waals surface area contributed by atoms with E-state index in [9.17, 15) is 0 Å². The fraction of sp³-hybridized carbons (Fsp3) is 0.0488. The number of furan rings is 1. The van der Waals surface area contributed by atoms with E-state index in [1.165, 1.54) is 0 Å². The molecule has 0 aliphatic rings. The Morgan fingerprint density at radius 3 is 1.93 bits per heavy atom. The maximum Gasteiger partial charge on any atom is 0.149 e. The minimum atomic E-state index is -1.69. The number of hydrogen-bond acceptors (Lipinski definition) is 2. The van der Waals surface area contributed by atoms with Gasteiger partial charge in [-0.05, 0) is 77.5 Å². The predicted octanol–water partition coefficient (Wildman–Crippen LogP) is 10.7. The first-order chi connectivity index (χ1) is 22.5. The molecule has 0 spiro atoms. The highest BCUT2D eigenvalue weighted by atomic mass is 16.3. The standard InChI is InChI=1S/C41H30N2O/c1-28-23-33(31-15-7-3-8-16-31)40(34(24-28)32-17-9-4-10-18-32)43-38-20-12-11-19-37(38)42-41(43)36-27-44-39-22-21-30(26-35(36)39)25-29-13-5-2-6-14-29/h2-24,26-27H,25H2,1H3/i25D2. The summed E-state index contributed by atoms with van der Waals surface area (Å²) < 4.78 is 26.5. The fourth-order valence-electron chi connectivity index (χ4n) is 6.10. The minimum Gasteiger partial charge on any atom is -0.464 e. The summed E-state index contributed by atoms with van der Waals surface area (Å²) in [6.45, 7) is 2.14. The molecule has 0 unspecified atom stereocenters. The van der Waals surface area contributed by atoms with Crippen LogP contribution in [0.4, 0.5) is 0 Å². The van der Waals surface area contributed by atoms with E-state index in [0.29, 0.717) is 16.7 Å². The molecule has 6 aromatic carbocycles. The number of benzene rings is 6. The molecule has 3 heteroatoms. The molecule has 0 radical (unpaired) electrons. The number of rotatable bonds is 6. The molecule has 0 atom stereocenters. The van der Waals surface area contributed by atoms with E-state index in [4.69, 9.17) is 12.1 Å². The van der Waals surface area contributed by atoms with E-state index >= 15 is 0 Å². The van der Waals surface area contributed by atoms with Crippen LogP contribution in [-0.4, -0.2) is 9.55 Å². The summed E-state index contributed by atoms with van der Waals surface area (Å²) in [5, 5.41) is 0.809. The molecule has 2 heterocycles. The van der Waals surface area contributed by atoms with E-state index in [0.717, 1.165) is 61.3 Å². The van der Waals surface area contributed by atoms with Crippen LogP contribution in [-0.2, 0) is 6.37 Å². The molecule has 2 aromatic heterocycles. The Morgan fingerprint density at radius 1 is 0.636 bits per heavy atom. The van der Waals surface area contributed by atoms with Crippen molar-refractivity contribution < 1.29 is 7.16 Å². The summed E-state index contributed by atoms with van der Waals surface area (Å²) in [7, 11) is 0. The molecule has 0 bridgehead atoms. The molecule has 0 fully saturated rings. The largest absolute Gasteiger partial charge is 0.464 e. The number of hydrogen-bond donors (Lipinski definition) is 0. The van der Waals surface area contributed by atoms with Crippen molar-refractivity contribution >= 4 is 22.0 Å². The molecule has 8 rings (SSSR count). The van der Waals surface area contributed by atoms with Crippen LogP contribution in [0.25, 0.3) is 61.3 Å². The number of aryl methyl sites for hydroxylation is 1. The van der Waals surface area contributed by atoms with Crippen LogP contribution in [0, 0.1) is 6.92 Å². The van der Waals surface area contributed by atoms with Crippen LogP contribution in [0.2, 0.25) is 0 Å². The molecule has 0 saturated carbocycles. The second-order valence-corrected chi connectivity index (χ2v) is 11.1. The maximum absolute atomic E-state index is 9.06. The van der Waals surface area contributed by atoms with Gasteiger partial charge in [-0.3, -0.25) is 4.57 Å². The van der Waals surface area contributed by atoms with Gasteiger partial charge in [-0.1, -0.05) is 109 Å². The van der Waals surface area contributed by atoms with Crippen molar-refractivity contribution in [3.8, 4) is 39.3 Å². The van der Waals surface area contributed by atoms with Crippen molar-refractivity contribution in [3.05, 3.63) is 169 Å². The molecule has 0 aliphatic carbocycles. The highest BCUT2D eigenvalue weighted by molar-refractivity contribution is 5.98. The van der Waals surface area contributed by atoms with Crippen molar-refractivity contribution in [3.63, 3.8) is 0 Å². The zero-order chi connectivity index (χ0) is 31.3. The average Bonchev–Trinajstić information content (AvgIpc) is 3.70. The van der Waals surface area contributed by atoms with Gasteiger partial charge < -0.3 is 4.42 Å². The lowest BCUT2D eigenvalue weighted by Gasteiger charge is -2.20. The number of imidazole rings is 1. The molecule has 0 amide bonds. The topological polar surface area (TPSA) is 31.0 Å². The summed E-state index contributed by atoms with van der Waals surface area (Å²) in [5.74, 6) is 0.732. The summed E-state index contributed by atoms with van der Waals surface area (Å²) in [6.07, 6.45) is 0.0604. The smallest absolute Gasteiger partial charge is 0.149 e. The van der Waals surface area contributed by atoms with Crippen LogP contribution in [0.15, 0.2) is 156 Å². The maximum atomic E-state index is 9.06. The van der Waals surface area contributed by atoms with Gasteiger partial charge in [0.05, 0.1) is 22.3 Å². The predicted molar refractivity (Wildman–Crippen MR) is 181 cm³/mol. The van der Waals surface area contributed by atoms with Crippen molar-refractivity contribution in [2.75, 3.05) is 0 Å². The Balaban J connectivity index is 1.44. The van der Waals surface area contributed by atoms with Gasteiger partial charge in [-0.2, -0.15) is 0 Å². The zero-order valence-electron chi connectivity index (χ0n) is 26.2. The van der Waals surface area contributed by atoms with Crippen LogP contribution < -0.4 is 0 Å². The van der Waals surface area contributed by atoms with E-state index in [1.807, 2.05) is 78.9 Å². The van der Waals surface area contributed by atoms with Gasteiger partial charge in [0.1, 0.15) is 17.7 Å². The normalized spacial score (nSPS) is 12.4. The Bertz CT molecular complexity index is 2280. The van der Waals surface area contributed by atoms with Crippen molar-refractivity contribution in [2.24, 2.45) is 0 Å².